The van der Waals surface area contributed by atoms with E-state index in [-0.39, 0.29) is 0 Å². The minimum absolute atomic E-state index is 0.513. The molecular formula is C13H16O5S. The minimum Gasteiger partial charge on any atom is -0.450 e. The van der Waals surface area contributed by atoms with Crippen LogP contribution in [-0.4, -0.2) is 30.3 Å². The van der Waals surface area contributed by atoms with Crippen molar-refractivity contribution in [3.05, 3.63) is 22.4 Å². The molecule has 104 valence electrons. The van der Waals surface area contributed by atoms with Crippen LogP contribution in [0.25, 0.3) is 0 Å². The molecule has 2 heterocycles. The van der Waals surface area contributed by atoms with Crippen molar-refractivity contribution in [1.82, 2.24) is 0 Å². The zero-order valence-electron chi connectivity index (χ0n) is 10.5. The zero-order chi connectivity index (χ0) is 13.3. The van der Waals surface area contributed by atoms with E-state index in [9.17, 15) is 4.79 Å². The van der Waals surface area contributed by atoms with Gasteiger partial charge in [0.2, 0.25) is 0 Å². The molecule has 0 atom stereocenters. The van der Waals surface area contributed by atoms with Crippen molar-refractivity contribution in [2.45, 2.75) is 37.1 Å². The van der Waals surface area contributed by atoms with E-state index in [2.05, 4.69) is 0 Å². The number of hydrogen-bond acceptors (Lipinski definition) is 5. The predicted octanol–water partition coefficient (Wildman–Crippen LogP) is 2.96. The molecule has 1 saturated heterocycles. The number of carboxylic acid groups (broad SMARTS) is 1. The Hall–Kier alpha value is -1.11. The number of rotatable bonds is 2. The summed E-state index contributed by atoms with van der Waals surface area (Å²) in [5.41, 5.74) is 0.194. The highest BCUT2D eigenvalue weighted by atomic mass is 32.1. The van der Waals surface area contributed by atoms with Crippen LogP contribution in [0.15, 0.2) is 16.8 Å². The normalized spacial score (nSPS) is 24.4. The number of ether oxygens (including phenoxy) is 3. The van der Waals surface area contributed by atoms with Crippen LogP contribution in [0.1, 0.15) is 31.2 Å². The second kappa shape index (κ2) is 4.77. The van der Waals surface area contributed by atoms with Gasteiger partial charge in [0, 0.05) is 18.4 Å². The molecule has 2 aliphatic rings. The summed E-state index contributed by atoms with van der Waals surface area (Å²) < 4.78 is 16.6. The smallest absolute Gasteiger partial charge is 0.450 e. The summed E-state index contributed by atoms with van der Waals surface area (Å²) in [6.07, 6.45) is 1.29. The van der Waals surface area contributed by atoms with Crippen molar-refractivity contribution in [3.63, 3.8) is 0 Å². The number of thiophene rings is 1. The van der Waals surface area contributed by atoms with Crippen molar-refractivity contribution >= 4 is 17.5 Å². The Balaban J connectivity index is 1.81. The quantitative estimate of drug-likeness (QED) is 0.846. The van der Waals surface area contributed by atoms with E-state index in [1.54, 1.807) is 11.3 Å². The molecule has 6 heteroatoms. The molecule has 5 nitrogen and oxygen atoms in total. The molecule has 0 bridgehead atoms. The molecule has 1 spiro atoms. The van der Waals surface area contributed by atoms with E-state index in [0.717, 1.165) is 5.56 Å². The molecule has 2 fully saturated rings. The maximum atomic E-state index is 11.0. The lowest BCUT2D eigenvalue weighted by Crippen LogP contribution is -2.44. The summed E-state index contributed by atoms with van der Waals surface area (Å²) in [6, 6.07) is 1.93. The first-order valence-electron chi connectivity index (χ1n) is 6.37. The van der Waals surface area contributed by atoms with Gasteiger partial charge >= 0.3 is 6.16 Å². The van der Waals surface area contributed by atoms with Gasteiger partial charge in [-0.3, -0.25) is 0 Å². The van der Waals surface area contributed by atoms with Gasteiger partial charge in [-0.15, -0.1) is 0 Å². The Morgan fingerprint density at radius 2 is 1.95 bits per heavy atom. The molecule has 1 aliphatic heterocycles. The van der Waals surface area contributed by atoms with Crippen LogP contribution >= 0.6 is 11.3 Å². The number of carbonyl (C=O) groups is 1. The van der Waals surface area contributed by atoms with Gasteiger partial charge in [-0.05, 0) is 29.7 Å². The first-order valence-corrected chi connectivity index (χ1v) is 7.31. The Kier molecular flexibility index (Phi) is 3.24. The fourth-order valence-electron chi connectivity index (χ4n) is 2.96. The molecule has 0 amide bonds. The van der Waals surface area contributed by atoms with Gasteiger partial charge < -0.3 is 19.3 Å². The van der Waals surface area contributed by atoms with E-state index in [0.29, 0.717) is 38.9 Å². The minimum atomic E-state index is -1.23. The van der Waals surface area contributed by atoms with Crippen LogP contribution in [0.3, 0.4) is 0 Å². The SMILES string of the molecule is O=C(O)OC1(c2ccsc2)CCC2(CC1)OCCO2. The largest absolute Gasteiger partial charge is 0.506 e. The topological polar surface area (TPSA) is 65.0 Å². The van der Waals surface area contributed by atoms with Gasteiger partial charge in [0.15, 0.2) is 5.79 Å². The average Bonchev–Trinajstić information content (AvgIpc) is 3.05. The monoisotopic (exact) mass is 284 g/mol. The highest BCUT2D eigenvalue weighted by Crippen LogP contribution is 2.47. The molecule has 1 saturated carbocycles. The molecule has 1 aromatic heterocycles. The summed E-state index contributed by atoms with van der Waals surface area (Å²) in [7, 11) is 0. The van der Waals surface area contributed by atoms with Crippen molar-refractivity contribution in [1.29, 1.82) is 0 Å². The highest BCUT2D eigenvalue weighted by molar-refractivity contribution is 7.08. The van der Waals surface area contributed by atoms with Crippen molar-refractivity contribution < 1.29 is 24.1 Å². The average molecular weight is 284 g/mol. The van der Waals surface area contributed by atoms with Gasteiger partial charge in [0.05, 0.1) is 13.2 Å². The summed E-state index contributed by atoms with van der Waals surface area (Å²) >= 11 is 1.55. The summed E-state index contributed by atoms with van der Waals surface area (Å²) in [5, 5.41) is 12.9. The molecule has 1 aliphatic carbocycles. The Morgan fingerprint density at radius 1 is 1.26 bits per heavy atom. The standard InChI is InChI=1S/C13H16O5S/c14-11(15)18-12(10-1-8-19-9-10)2-4-13(5-3-12)16-6-7-17-13/h1,8-9H,2-7H2,(H,14,15). The molecule has 3 rings (SSSR count). The zero-order valence-corrected chi connectivity index (χ0v) is 11.3. The lowest BCUT2D eigenvalue weighted by molar-refractivity contribution is -0.206. The third kappa shape index (κ3) is 2.35. The van der Waals surface area contributed by atoms with Crippen LogP contribution in [0.2, 0.25) is 0 Å². The second-order valence-corrected chi connectivity index (χ2v) is 5.76. The first kappa shape index (κ1) is 12.9. The van der Waals surface area contributed by atoms with Crippen molar-refractivity contribution in [2.24, 2.45) is 0 Å². The van der Waals surface area contributed by atoms with Gasteiger partial charge in [0.1, 0.15) is 5.60 Å². The predicted molar refractivity (Wildman–Crippen MR) is 68.2 cm³/mol. The summed E-state index contributed by atoms with van der Waals surface area (Å²) in [5.74, 6) is -0.513. The molecule has 1 N–H and O–H groups in total. The molecule has 0 radical (unpaired) electrons. The lowest BCUT2D eigenvalue weighted by atomic mass is 9.77. The Morgan fingerprint density at radius 3 is 2.47 bits per heavy atom. The molecule has 1 aromatic rings. The fraction of sp³-hybridized carbons (Fsp3) is 0.615. The van der Waals surface area contributed by atoms with E-state index in [1.807, 2.05) is 16.8 Å². The third-order valence-electron chi connectivity index (χ3n) is 3.96. The van der Waals surface area contributed by atoms with Crippen LogP contribution in [0.4, 0.5) is 4.79 Å². The molecule has 0 aromatic carbocycles. The Labute approximate surface area is 115 Å². The maximum Gasteiger partial charge on any atom is 0.506 e. The fourth-order valence-corrected chi connectivity index (χ4v) is 3.70. The highest BCUT2D eigenvalue weighted by Gasteiger charge is 2.49. The van der Waals surface area contributed by atoms with Crippen molar-refractivity contribution in [2.75, 3.05) is 13.2 Å². The van der Waals surface area contributed by atoms with Crippen LogP contribution in [-0.2, 0) is 19.8 Å². The maximum absolute atomic E-state index is 11.0. The van der Waals surface area contributed by atoms with Gasteiger partial charge in [-0.1, -0.05) is 0 Å². The second-order valence-electron chi connectivity index (χ2n) is 4.98. The van der Waals surface area contributed by atoms with E-state index >= 15 is 0 Å². The van der Waals surface area contributed by atoms with Gasteiger partial charge in [-0.2, -0.15) is 11.3 Å². The van der Waals surface area contributed by atoms with Gasteiger partial charge in [0.25, 0.3) is 0 Å². The third-order valence-corrected chi connectivity index (χ3v) is 4.65. The van der Waals surface area contributed by atoms with E-state index in [1.165, 1.54) is 0 Å². The van der Waals surface area contributed by atoms with Gasteiger partial charge in [-0.25, -0.2) is 4.79 Å². The lowest BCUT2D eigenvalue weighted by Gasteiger charge is -2.42. The first-order chi connectivity index (χ1) is 9.14. The van der Waals surface area contributed by atoms with E-state index < -0.39 is 17.5 Å². The van der Waals surface area contributed by atoms with Crippen LogP contribution in [0.5, 0.6) is 0 Å². The molecule has 19 heavy (non-hydrogen) atoms. The number of hydrogen-bond donors (Lipinski definition) is 1. The Bertz CT molecular complexity index is 440. The van der Waals surface area contributed by atoms with Crippen molar-refractivity contribution in [3.8, 4) is 0 Å². The summed E-state index contributed by atoms with van der Waals surface area (Å²) in [6.45, 7) is 1.23. The molecule has 0 unspecified atom stereocenters. The van der Waals surface area contributed by atoms with E-state index in [4.69, 9.17) is 19.3 Å². The van der Waals surface area contributed by atoms with Crippen LogP contribution in [0, 0.1) is 0 Å². The van der Waals surface area contributed by atoms with Crippen LogP contribution < -0.4 is 0 Å². The summed E-state index contributed by atoms with van der Waals surface area (Å²) in [4.78, 5) is 11.0. The molecular weight excluding hydrogens is 268 g/mol.